The zero-order valence-electron chi connectivity index (χ0n) is 16.0. The number of fused-ring (bicyclic) bond motifs is 3. The van der Waals surface area contributed by atoms with Gasteiger partial charge in [-0.05, 0) is 30.0 Å². The molecule has 144 valence electrons. The first-order valence-corrected chi connectivity index (χ1v) is 10.2. The molecule has 2 N–H and O–H groups in total. The van der Waals surface area contributed by atoms with Gasteiger partial charge in [-0.25, -0.2) is 0 Å². The molecule has 0 radical (unpaired) electrons. The van der Waals surface area contributed by atoms with Gasteiger partial charge in [0.15, 0.2) is 5.69 Å². The van der Waals surface area contributed by atoms with Crippen LogP contribution in [0.2, 0.25) is 0 Å². The number of nitrogens with zero attached hydrogens (tertiary/aromatic N) is 3. The molecule has 6 heteroatoms. The summed E-state index contributed by atoms with van der Waals surface area (Å²) >= 11 is 0. The van der Waals surface area contributed by atoms with Crippen LogP contribution >= 0.6 is 0 Å². The van der Waals surface area contributed by atoms with E-state index in [1.54, 1.807) is 0 Å². The maximum absolute atomic E-state index is 13.2. The van der Waals surface area contributed by atoms with Crippen LogP contribution in [0.1, 0.15) is 39.4 Å². The molecule has 1 aliphatic carbocycles. The highest BCUT2D eigenvalue weighted by Crippen LogP contribution is 2.34. The molecule has 2 aromatic heterocycles. The Morgan fingerprint density at radius 2 is 1.72 bits per heavy atom. The summed E-state index contributed by atoms with van der Waals surface area (Å²) in [7, 11) is 0. The second-order valence-electron chi connectivity index (χ2n) is 7.92. The second kappa shape index (κ2) is 6.30. The SMILES string of the molecule is O=C(c1n[nH]c2c1CCC2)N1CCc2[nH]nc(-c3cccc4ccccc34)c2C1. The van der Waals surface area contributed by atoms with Crippen LogP contribution in [0, 0.1) is 0 Å². The Morgan fingerprint density at radius 3 is 2.69 bits per heavy atom. The molecule has 0 bridgehead atoms. The van der Waals surface area contributed by atoms with Gasteiger partial charge in [0, 0.05) is 41.0 Å². The summed E-state index contributed by atoms with van der Waals surface area (Å²) in [6, 6.07) is 14.6. The fraction of sp³-hybridized carbons (Fsp3) is 0.261. The summed E-state index contributed by atoms with van der Waals surface area (Å²) in [4.78, 5) is 15.1. The van der Waals surface area contributed by atoms with Gasteiger partial charge in [0.1, 0.15) is 0 Å². The van der Waals surface area contributed by atoms with Gasteiger partial charge in [-0.15, -0.1) is 0 Å². The first-order valence-electron chi connectivity index (χ1n) is 10.2. The van der Waals surface area contributed by atoms with Gasteiger partial charge in [0.25, 0.3) is 5.91 Å². The van der Waals surface area contributed by atoms with Crippen molar-refractivity contribution in [2.24, 2.45) is 0 Å². The number of aromatic amines is 2. The number of hydrogen-bond donors (Lipinski definition) is 2. The lowest BCUT2D eigenvalue weighted by molar-refractivity contribution is 0.0727. The number of rotatable bonds is 2. The predicted octanol–water partition coefficient (Wildman–Crippen LogP) is 3.64. The molecule has 2 aliphatic rings. The number of aromatic nitrogens is 4. The summed E-state index contributed by atoms with van der Waals surface area (Å²) in [5.74, 6) is 0.0279. The van der Waals surface area contributed by atoms with Gasteiger partial charge in [-0.3, -0.25) is 15.0 Å². The average Bonchev–Trinajstić information content (AvgIpc) is 3.48. The monoisotopic (exact) mass is 383 g/mol. The minimum absolute atomic E-state index is 0.0279. The molecule has 0 saturated carbocycles. The van der Waals surface area contributed by atoms with Crippen molar-refractivity contribution in [3.63, 3.8) is 0 Å². The number of amides is 1. The third-order valence-corrected chi connectivity index (χ3v) is 6.27. The number of hydrogen-bond acceptors (Lipinski definition) is 3. The lowest BCUT2D eigenvalue weighted by Gasteiger charge is -2.27. The summed E-state index contributed by atoms with van der Waals surface area (Å²) < 4.78 is 0. The number of benzene rings is 2. The standard InChI is InChI=1S/C23H21N5O/c29-23(22-17-9-4-10-19(17)24-27-22)28-12-11-20-18(13-28)21(26-25-20)16-8-3-6-14-5-1-2-7-15(14)16/h1-3,5-8H,4,9-13H2,(H,24,27)(H,25,26). The Kier molecular flexibility index (Phi) is 3.59. The van der Waals surface area contributed by atoms with Crippen LogP contribution in [0.25, 0.3) is 22.0 Å². The molecule has 0 unspecified atom stereocenters. The van der Waals surface area contributed by atoms with E-state index in [4.69, 9.17) is 0 Å². The van der Waals surface area contributed by atoms with Gasteiger partial charge in [0.05, 0.1) is 12.2 Å². The second-order valence-corrected chi connectivity index (χ2v) is 7.92. The lowest BCUT2D eigenvalue weighted by atomic mass is 9.96. The molecule has 1 aliphatic heterocycles. The molecule has 3 heterocycles. The van der Waals surface area contributed by atoms with Gasteiger partial charge >= 0.3 is 0 Å². The van der Waals surface area contributed by atoms with Gasteiger partial charge in [0.2, 0.25) is 0 Å². The van der Waals surface area contributed by atoms with E-state index in [9.17, 15) is 4.79 Å². The molecular weight excluding hydrogens is 362 g/mol. The molecule has 1 amide bonds. The van der Waals surface area contributed by atoms with Crippen molar-refractivity contribution in [2.75, 3.05) is 6.54 Å². The molecule has 4 aromatic rings. The molecule has 0 spiro atoms. The van der Waals surface area contributed by atoms with Crippen molar-refractivity contribution in [1.82, 2.24) is 25.3 Å². The molecule has 0 fully saturated rings. The smallest absolute Gasteiger partial charge is 0.274 e. The zero-order chi connectivity index (χ0) is 19.4. The van der Waals surface area contributed by atoms with Crippen molar-refractivity contribution in [2.45, 2.75) is 32.2 Å². The number of carbonyl (C=O) groups is 1. The van der Waals surface area contributed by atoms with Crippen molar-refractivity contribution < 1.29 is 4.79 Å². The first kappa shape index (κ1) is 16.5. The van der Waals surface area contributed by atoms with Crippen molar-refractivity contribution in [3.8, 4) is 11.3 Å². The summed E-state index contributed by atoms with van der Waals surface area (Å²) in [5, 5.41) is 17.6. The summed E-state index contributed by atoms with van der Waals surface area (Å²) in [6.45, 7) is 1.25. The van der Waals surface area contributed by atoms with E-state index in [0.717, 1.165) is 59.5 Å². The minimum atomic E-state index is 0.0279. The van der Waals surface area contributed by atoms with Crippen LogP contribution in [0.4, 0.5) is 0 Å². The van der Waals surface area contributed by atoms with Crippen LogP contribution in [0.5, 0.6) is 0 Å². The van der Waals surface area contributed by atoms with E-state index in [-0.39, 0.29) is 5.91 Å². The van der Waals surface area contributed by atoms with Gasteiger partial charge in [-0.2, -0.15) is 10.2 Å². The number of carbonyl (C=O) groups excluding carboxylic acids is 1. The third kappa shape index (κ3) is 2.52. The fourth-order valence-electron chi connectivity index (χ4n) is 4.77. The van der Waals surface area contributed by atoms with Crippen LogP contribution in [-0.4, -0.2) is 37.7 Å². The van der Waals surface area contributed by atoms with E-state index in [0.29, 0.717) is 18.8 Å². The normalized spacial score (nSPS) is 15.5. The van der Waals surface area contributed by atoms with Gasteiger partial charge < -0.3 is 4.90 Å². The van der Waals surface area contributed by atoms with Gasteiger partial charge in [-0.1, -0.05) is 42.5 Å². The Morgan fingerprint density at radius 1 is 0.897 bits per heavy atom. The number of nitrogens with one attached hydrogen (secondary N) is 2. The van der Waals surface area contributed by atoms with E-state index in [1.807, 2.05) is 4.90 Å². The van der Waals surface area contributed by atoms with E-state index in [2.05, 4.69) is 62.9 Å². The molecule has 0 atom stereocenters. The van der Waals surface area contributed by atoms with Crippen LogP contribution < -0.4 is 0 Å². The Hall–Kier alpha value is -3.41. The Bertz CT molecular complexity index is 1250. The van der Waals surface area contributed by atoms with Crippen LogP contribution in [-0.2, 0) is 25.8 Å². The van der Waals surface area contributed by atoms with Crippen molar-refractivity contribution >= 4 is 16.7 Å². The topological polar surface area (TPSA) is 77.7 Å². The molecular formula is C23H21N5O. The highest BCUT2D eigenvalue weighted by atomic mass is 16.2. The fourth-order valence-corrected chi connectivity index (χ4v) is 4.77. The van der Waals surface area contributed by atoms with E-state index >= 15 is 0 Å². The highest BCUT2D eigenvalue weighted by molar-refractivity contribution is 5.97. The average molecular weight is 383 g/mol. The first-order chi connectivity index (χ1) is 14.3. The lowest BCUT2D eigenvalue weighted by Crippen LogP contribution is -2.36. The molecule has 0 saturated heterocycles. The minimum Gasteiger partial charge on any atom is -0.332 e. The third-order valence-electron chi connectivity index (χ3n) is 6.27. The highest BCUT2D eigenvalue weighted by Gasteiger charge is 2.31. The molecule has 6 nitrogen and oxygen atoms in total. The van der Waals surface area contributed by atoms with Crippen LogP contribution in [0.3, 0.4) is 0 Å². The summed E-state index contributed by atoms with van der Waals surface area (Å²) in [6.07, 6.45) is 3.82. The van der Waals surface area contributed by atoms with Crippen molar-refractivity contribution in [1.29, 1.82) is 0 Å². The van der Waals surface area contributed by atoms with E-state index in [1.165, 1.54) is 10.8 Å². The Labute approximate surface area is 167 Å². The zero-order valence-corrected chi connectivity index (χ0v) is 16.0. The Balaban J connectivity index is 1.38. The molecule has 2 aromatic carbocycles. The quantitative estimate of drug-likeness (QED) is 0.555. The number of aryl methyl sites for hydroxylation is 1. The molecule has 6 rings (SSSR count). The predicted molar refractivity (Wildman–Crippen MR) is 111 cm³/mol. The van der Waals surface area contributed by atoms with Crippen molar-refractivity contribution in [3.05, 3.63) is 70.7 Å². The molecule has 29 heavy (non-hydrogen) atoms. The maximum atomic E-state index is 13.2. The van der Waals surface area contributed by atoms with E-state index < -0.39 is 0 Å². The number of H-pyrrole nitrogens is 2. The maximum Gasteiger partial charge on any atom is 0.274 e. The van der Waals surface area contributed by atoms with Crippen LogP contribution in [0.15, 0.2) is 42.5 Å². The largest absolute Gasteiger partial charge is 0.332 e. The summed E-state index contributed by atoms with van der Waals surface area (Å²) in [5.41, 5.74) is 7.15.